The van der Waals surface area contributed by atoms with Crippen LogP contribution in [0.4, 0.5) is 0 Å². The first-order chi connectivity index (χ1) is 15.5. The third-order valence-electron chi connectivity index (χ3n) is 5.56. The summed E-state index contributed by atoms with van der Waals surface area (Å²) in [6, 6.07) is 5.30. The van der Waals surface area contributed by atoms with Crippen LogP contribution in [0.3, 0.4) is 0 Å². The third kappa shape index (κ3) is 15.5. The Bertz CT molecular complexity index is 655. The zero-order chi connectivity index (χ0) is 23.4. The lowest BCUT2D eigenvalue weighted by Crippen LogP contribution is -2.41. The number of carbonyl (C=O) groups is 1. The Kier molecular flexibility index (Phi) is 17.2. The van der Waals surface area contributed by atoms with Crippen LogP contribution in [-0.4, -0.2) is 24.2 Å². The molecule has 0 heterocycles. The number of hydrogen-bond acceptors (Lipinski definition) is 3. The van der Waals surface area contributed by atoms with Gasteiger partial charge in [-0.05, 0) is 49.3 Å². The van der Waals surface area contributed by atoms with Crippen molar-refractivity contribution in [2.24, 2.45) is 0 Å². The Labute approximate surface area is 206 Å². The van der Waals surface area contributed by atoms with E-state index in [1.54, 1.807) is 18.2 Å². The molecule has 1 aromatic carbocycles. The maximum Gasteiger partial charge on any atom is 0.264 e. The van der Waals surface area contributed by atoms with E-state index in [9.17, 15) is 4.79 Å². The van der Waals surface area contributed by atoms with Gasteiger partial charge < -0.3 is 15.4 Å². The van der Waals surface area contributed by atoms with Crippen LogP contribution in [-0.2, 0) is 4.79 Å². The first-order valence-electron chi connectivity index (χ1n) is 12.5. The van der Waals surface area contributed by atoms with E-state index in [-0.39, 0.29) is 12.5 Å². The van der Waals surface area contributed by atoms with Crippen molar-refractivity contribution >= 4 is 34.8 Å². The Morgan fingerprint density at radius 3 is 1.97 bits per heavy atom. The predicted molar refractivity (Wildman–Crippen MR) is 141 cm³/mol. The van der Waals surface area contributed by atoms with Gasteiger partial charge in [0, 0.05) is 11.6 Å². The van der Waals surface area contributed by atoms with Crippen molar-refractivity contribution in [2.45, 2.75) is 104 Å². The molecule has 0 saturated carbocycles. The molecule has 0 aliphatic rings. The van der Waals surface area contributed by atoms with Crippen molar-refractivity contribution in [3.8, 4) is 5.75 Å². The van der Waals surface area contributed by atoms with Crippen LogP contribution in [0, 0.1) is 6.92 Å². The number of aryl methyl sites for hydroxylation is 1. The highest BCUT2D eigenvalue weighted by atomic mass is 35.5. The van der Waals surface area contributed by atoms with Crippen LogP contribution in [0.2, 0.25) is 5.02 Å². The molecule has 182 valence electrons. The van der Waals surface area contributed by atoms with E-state index in [0.29, 0.717) is 15.9 Å². The molecule has 1 aromatic rings. The lowest BCUT2D eigenvalue weighted by molar-refractivity contribution is -0.121. The summed E-state index contributed by atoms with van der Waals surface area (Å²) in [6.45, 7) is 4.87. The summed E-state index contributed by atoms with van der Waals surface area (Å²) in [5.41, 5.74) is 0.892. The molecule has 0 radical (unpaired) electrons. The predicted octanol–water partition coefficient (Wildman–Crippen LogP) is 7.50. The molecule has 0 aromatic heterocycles. The molecule has 4 nitrogen and oxygen atoms in total. The quantitative estimate of drug-likeness (QED) is 0.168. The highest BCUT2D eigenvalue weighted by Gasteiger charge is 2.07. The standard InChI is InChI=1S/C26H43ClN2O2S/c1-3-4-5-6-7-8-9-10-11-12-13-14-15-16-19-28-26(32)29-25(30)21-31-24-18-17-23(27)20-22(24)2/h17-18,20H,3-16,19,21H2,1-2H3,(H2,28,29,30,32). The topological polar surface area (TPSA) is 50.4 Å². The van der Waals surface area contributed by atoms with E-state index in [2.05, 4.69) is 17.6 Å². The van der Waals surface area contributed by atoms with Gasteiger partial charge in [-0.1, -0.05) is 102 Å². The molecule has 0 fully saturated rings. The van der Waals surface area contributed by atoms with Crippen LogP contribution in [0.15, 0.2) is 18.2 Å². The molecular formula is C26H43ClN2O2S. The first-order valence-corrected chi connectivity index (χ1v) is 13.3. The second-order valence-electron chi connectivity index (χ2n) is 8.60. The number of thiocarbonyl (C=S) groups is 1. The molecular weight excluding hydrogens is 440 g/mol. The van der Waals surface area contributed by atoms with Crippen molar-refractivity contribution in [1.82, 2.24) is 10.6 Å². The molecule has 6 heteroatoms. The second kappa shape index (κ2) is 19.2. The molecule has 0 aliphatic carbocycles. The summed E-state index contributed by atoms with van der Waals surface area (Å²) in [4.78, 5) is 12.0. The van der Waals surface area contributed by atoms with E-state index in [0.717, 1.165) is 18.5 Å². The fraction of sp³-hybridized carbons (Fsp3) is 0.692. The molecule has 0 atom stereocenters. The molecule has 32 heavy (non-hydrogen) atoms. The normalized spacial score (nSPS) is 10.7. The van der Waals surface area contributed by atoms with Crippen molar-refractivity contribution in [3.63, 3.8) is 0 Å². The van der Waals surface area contributed by atoms with Gasteiger partial charge in [-0.2, -0.15) is 0 Å². The average molecular weight is 483 g/mol. The lowest BCUT2D eigenvalue weighted by Gasteiger charge is -2.11. The summed E-state index contributed by atoms with van der Waals surface area (Å²) in [6.07, 6.45) is 18.8. The molecule has 0 saturated heterocycles. The fourth-order valence-electron chi connectivity index (χ4n) is 3.65. The molecule has 0 unspecified atom stereocenters. The van der Waals surface area contributed by atoms with Gasteiger partial charge in [-0.25, -0.2) is 0 Å². The largest absolute Gasteiger partial charge is 0.483 e. The van der Waals surface area contributed by atoms with Gasteiger partial charge in [0.1, 0.15) is 5.75 Å². The summed E-state index contributed by atoms with van der Waals surface area (Å²) in [7, 11) is 0. The van der Waals surface area contributed by atoms with Crippen molar-refractivity contribution in [3.05, 3.63) is 28.8 Å². The van der Waals surface area contributed by atoms with E-state index in [1.165, 1.54) is 83.5 Å². The summed E-state index contributed by atoms with van der Waals surface area (Å²) in [5, 5.41) is 6.77. The maximum atomic E-state index is 12.0. The van der Waals surface area contributed by atoms with E-state index >= 15 is 0 Å². The fourth-order valence-corrected chi connectivity index (χ4v) is 4.09. The second-order valence-corrected chi connectivity index (χ2v) is 9.44. The van der Waals surface area contributed by atoms with E-state index < -0.39 is 0 Å². The Morgan fingerprint density at radius 2 is 1.44 bits per heavy atom. The number of unbranched alkanes of at least 4 members (excludes halogenated alkanes) is 13. The smallest absolute Gasteiger partial charge is 0.264 e. The first kappa shape index (κ1) is 28.7. The maximum absolute atomic E-state index is 12.0. The van der Waals surface area contributed by atoms with Gasteiger partial charge in [0.25, 0.3) is 5.91 Å². The van der Waals surface area contributed by atoms with Crippen molar-refractivity contribution in [1.29, 1.82) is 0 Å². The summed E-state index contributed by atoms with van der Waals surface area (Å²) < 4.78 is 5.53. The number of rotatable bonds is 18. The molecule has 1 rings (SSSR count). The number of carbonyl (C=O) groups excluding carboxylic acids is 1. The van der Waals surface area contributed by atoms with Crippen LogP contribution in [0.25, 0.3) is 0 Å². The van der Waals surface area contributed by atoms with Gasteiger partial charge in [0.15, 0.2) is 11.7 Å². The Balaban J connectivity index is 1.90. The summed E-state index contributed by atoms with van der Waals surface area (Å²) >= 11 is 11.1. The van der Waals surface area contributed by atoms with Crippen LogP contribution < -0.4 is 15.4 Å². The number of ether oxygens (including phenoxy) is 1. The molecule has 0 aliphatic heterocycles. The minimum absolute atomic E-state index is 0.0802. The van der Waals surface area contributed by atoms with Crippen molar-refractivity contribution in [2.75, 3.05) is 13.2 Å². The lowest BCUT2D eigenvalue weighted by atomic mass is 10.0. The van der Waals surface area contributed by atoms with E-state index in [4.69, 9.17) is 28.6 Å². The highest BCUT2D eigenvalue weighted by molar-refractivity contribution is 7.80. The van der Waals surface area contributed by atoms with Crippen molar-refractivity contribution < 1.29 is 9.53 Å². The minimum Gasteiger partial charge on any atom is -0.483 e. The van der Waals surface area contributed by atoms with Crippen LogP contribution >= 0.6 is 23.8 Å². The number of halogens is 1. The zero-order valence-corrected chi connectivity index (χ0v) is 21.7. The van der Waals surface area contributed by atoms with Crippen LogP contribution in [0.1, 0.15) is 102 Å². The number of amides is 1. The Hall–Kier alpha value is -1.33. The average Bonchev–Trinajstić information content (AvgIpc) is 2.75. The molecule has 0 bridgehead atoms. The van der Waals surface area contributed by atoms with E-state index in [1.807, 2.05) is 6.92 Å². The molecule has 1 amide bonds. The number of nitrogens with one attached hydrogen (secondary N) is 2. The zero-order valence-electron chi connectivity index (χ0n) is 20.1. The number of hydrogen-bond donors (Lipinski definition) is 2. The summed E-state index contributed by atoms with van der Waals surface area (Å²) in [5.74, 6) is 0.378. The number of benzene rings is 1. The third-order valence-corrected chi connectivity index (χ3v) is 6.05. The van der Waals surface area contributed by atoms with Gasteiger partial charge >= 0.3 is 0 Å². The SMILES string of the molecule is CCCCCCCCCCCCCCCCNC(=S)NC(=O)COc1ccc(Cl)cc1C. The van der Waals surface area contributed by atoms with Gasteiger partial charge in [-0.15, -0.1) is 0 Å². The minimum atomic E-state index is -0.266. The highest BCUT2D eigenvalue weighted by Crippen LogP contribution is 2.21. The monoisotopic (exact) mass is 482 g/mol. The molecule has 0 spiro atoms. The molecule has 2 N–H and O–H groups in total. The Morgan fingerprint density at radius 1 is 0.906 bits per heavy atom. The van der Waals surface area contributed by atoms with Gasteiger partial charge in [0.05, 0.1) is 0 Å². The van der Waals surface area contributed by atoms with Gasteiger partial charge in [0.2, 0.25) is 0 Å². The van der Waals surface area contributed by atoms with Gasteiger partial charge in [-0.3, -0.25) is 4.79 Å². The van der Waals surface area contributed by atoms with Crippen LogP contribution in [0.5, 0.6) is 5.75 Å².